The van der Waals surface area contributed by atoms with Gasteiger partial charge in [0.05, 0.1) is 0 Å². The van der Waals surface area contributed by atoms with Crippen LogP contribution in [0.2, 0.25) is 0 Å². The molecule has 0 radical (unpaired) electrons. The SMILES string of the molecule is C/C=C/C=C\Cc1c(C)ccc2c1CC1=C2C=CC1.C/C=C\C=C1/CNc2ccccc21.CC.CC=CC. The van der Waals surface area contributed by atoms with Crippen molar-refractivity contribution in [1.82, 2.24) is 0 Å². The number of hydrogen-bond donors (Lipinski definition) is 1. The standard InChI is InChI=1S/C19H20.C12H13N.C4H8.C2H6/c1-3-4-5-6-9-16-14(2)11-12-18-17-10-7-8-15(17)13-19(16)18;1-2-3-6-10-9-13-12-8-5-4-7-11(10)12;1-3-4-2;1-2/h3-7,10-12H,8-9,13H2,1-2H3;2-8,13H,9H2,1H3;3-4H,1-2H3;1-2H3/b4-3+,6-5-;3-2-,10-6+;;. The molecule has 0 unspecified atom stereocenters. The Bertz CT molecular complexity index is 1240. The van der Waals surface area contributed by atoms with Gasteiger partial charge >= 0.3 is 0 Å². The van der Waals surface area contributed by atoms with Crippen molar-refractivity contribution in [1.29, 1.82) is 0 Å². The molecule has 1 N–H and O–H groups in total. The molecule has 1 nitrogen and oxygen atoms in total. The summed E-state index contributed by atoms with van der Waals surface area (Å²) in [4.78, 5) is 0. The van der Waals surface area contributed by atoms with Gasteiger partial charge in [-0.15, -0.1) is 0 Å². The van der Waals surface area contributed by atoms with Gasteiger partial charge in [-0.05, 0) is 93.3 Å². The molecule has 1 heteroatoms. The number of para-hydroxylation sites is 1. The number of allylic oxidation sites excluding steroid dienone is 13. The molecule has 0 saturated carbocycles. The molecule has 2 aromatic carbocycles. The summed E-state index contributed by atoms with van der Waals surface area (Å²) in [6.45, 7) is 15.3. The lowest BCUT2D eigenvalue weighted by molar-refractivity contribution is 1.06. The molecular formula is C37H47N. The lowest BCUT2D eigenvalue weighted by Crippen LogP contribution is -1.97. The summed E-state index contributed by atoms with van der Waals surface area (Å²) >= 11 is 0. The van der Waals surface area contributed by atoms with Crippen LogP contribution >= 0.6 is 0 Å². The summed E-state index contributed by atoms with van der Waals surface area (Å²) in [5, 5.41) is 3.36. The Morgan fingerprint density at radius 3 is 2.26 bits per heavy atom. The monoisotopic (exact) mass is 505 g/mol. The minimum atomic E-state index is 0.948. The maximum Gasteiger partial charge on any atom is 0.0419 e. The van der Waals surface area contributed by atoms with Gasteiger partial charge in [0.1, 0.15) is 0 Å². The van der Waals surface area contributed by atoms with Gasteiger partial charge in [-0.2, -0.15) is 0 Å². The van der Waals surface area contributed by atoms with Crippen LogP contribution in [0, 0.1) is 6.92 Å². The van der Waals surface area contributed by atoms with Gasteiger partial charge in [0, 0.05) is 17.8 Å². The average molecular weight is 506 g/mol. The number of nitrogens with one attached hydrogen (secondary N) is 1. The number of anilines is 1. The van der Waals surface area contributed by atoms with Gasteiger partial charge in [0.2, 0.25) is 0 Å². The summed E-state index contributed by atoms with van der Waals surface area (Å²) < 4.78 is 0. The lowest BCUT2D eigenvalue weighted by Gasteiger charge is -2.12. The molecule has 0 aromatic heterocycles. The number of hydrogen-bond acceptors (Lipinski definition) is 1. The molecule has 0 spiro atoms. The van der Waals surface area contributed by atoms with Crippen molar-refractivity contribution >= 4 is 16.8 Å². The minimum absolute atomic E-state index is 0.948. The second kappa shape index (κ2) is 17.0. The van der Waals surface area contributed by atoms with Crippen molar-refractivity contribution in [2.24, 2.45) is 0 Å². The van der Waals surface area contributed by atoms with E-state index < -0.39 is 0 Å². The second-order valence-electron chi connectivity index (χ2n) is 9.13. The molecule has 1 heterocycles. The minimum Gasteiger partial charge on any atom is -0.380 e. The first-order chi connectivity index (χ1) is 18.6. The molecule has 2 aliphatic carbocycles. The normalized spacial score (nSPS) is 15.7. The largest absolute Gasteiger partial charge is 0.380 e. The molecule has 0 atom stereocenters. The maximum atomic E-state index is 3.36. The van der Waals surface area contributed by atoms with Crippen LogP contribution in [-0.2, 0) is 12.8 Å². The van der Waals surface area contributed by atoms with E-state index in [0.29, 0.717) is 0 Å². The molecule has 5 rings (SSSR count). The van der Waals surface area contributed by atoms with E-state index in [1.807, 2.05) is 52.8 Å². The zero-order valence-corrected chi connectivity index (χ0v) is 24.6. The molecule has 38 heavy (non-hydrogen) atoms. The first-order valence-corrected chi connectivity index (χ1v) is 14.1. The molecule has 1 aliphatic heterocycles. The number of rotatable bonds is 4. The van der Waals surface area contributed by atoms with Gasteiger partial charge in [-0.1, -0.05) is 117 Å². The highest BCUT2D eigenvalue weighted by molar-refractivity contribution is 5.86. The summed E-state index contributed by atoms with van der Waals surface area (Å²) in [6, 6.07) is 13.0. The summed E-state index contributed by atoms with van der Waals surface area (Å²) in [6.07, 6.45) is 26.8. The topological polar surface area (TPSA) is 12.0 Å². The Balaban J connectivity index is 0.000000232. The van der Waals surface area contributed by atoms with Crippen molar-refractivity contribution < 1.29 is 0 Å². The van der Waals surface area contributed by atoms with Crippen LogP contribution in [0.15, 0.2) is 109 Å². The van der Waals surface area contributed by atoms with Crippen LogP contribution < -0.4 is 5.32 Å². The molecule has 0 bridgehead atoms. The Morgan fingerprint density at radius 2 is 1.55 bits per heavy atom. The van der Waals surface area contributed by atoms with Gasteiger partial charge in [-0.25, -0.2) is 0 Å². The fourth-order valence-electron chi connectivity index (χ4n) is 4.70. The van der Waals surface area contributed by atoms with E-state index >= 15 is 0 Å². The average Bonchev–Trinajstić information content (AvgIpc) is 3.68. The van der Waals surface area contributed by atoms with Gasteiger partial charge in [0.25, 0.3) is 0 Å². The Morgan fingerprint density at radius 1 is 0.816 bits per heavy atom. The highest BCUT2D eigenvalue weighted by Crippen LogP contribution is 2.41. The molecular weight excluding hydrogens is 458 g/mol. The van der Waals surface area contributed by atoms with Gasteiger partial charge < -0.3 is 5.32 Å². The Labute approximate surface area is 232 Å². The first-order valence-electron chi connectivity index (χ1n) is 14.1. The first kappa shape index (κ1) is 30.6. The van der Waals surface area contributed by atoms with E-state index in [4.69, 9.17) is 0 Å². The molecule has 2 aromatic rings. The van der Waals surface area contributed by atoms with Crippen LogP contribution in [0.3, 0.4) is 0 Å². The van der Waals surface area contributed by atoms with Crippen LogP contribution in [0.4, 0.5) is 5.69 Å². The van der Waals surface area contributed by atoms with E-state index in [0.717, 1.165) is 25.8 Å². The number of benzene rings is 2. The fourth-order valence-corrected chi connectivity index (χ4v) is 4.70. The molecule has 0 amide bonds. The predicted octanol–water partition coefficient (Wildman–Crippen LogP) is 10.6. The summed E-state index contributed by atoms with van der Waals surface area (Å²) in [5.74, 6) is 0. The van der Waals surface area contributed by atoms with Gasteiger partial charge in [-0.3, -0.25) is 0 Å². The maximum absolute atomic E-state index is 3.36. The van der Waals surface area contributed by atoms with Crippen LogP contribution in [0.25, 0.3) is 11.1 Å². The lowest BCUT2D eigenvalue weighted by atomic mass is 9.93. The Hall–Kier alpha value is -3.58. The van der Waals surface area contributed by atoms with E-state index in [1.165, 1.54) is 39.1 Å². The smallest absolute Gasteiger partial charge is 0.0419 e. The van der Waals surface area contributed by atoms with Gasteiger partial charge in [0.15, 0.2) is 0 Å². The van der Waals surface area contributed by atoms with Crippen molar-refractivity contribution in [3.05, 3.63) is 137 Å². The van der Waals surface area contributed by atoms with Crippen molar-refractivity contribution in [3.8, 4) is 0 Å². The predicted molar refractivity (Wildman–Crippen MR) is 173 cm³/mol. The van der Waals surface area contributed by atoms with E-state index in [9.17, 15) is 0 Å². The quantitative estimate of drug-likeness (QED) is 0.322. The van der Waals surface area contributed by atoms with Crippen molar-refractivity contribution in [2.75, 3.05) is 11.9 Å². The molecule has 0 fully saturated rings. The number of fused-ring (bicyclic) bond motifs is 3. The highest BCUT2D eigenvalue weighted by atomic mass is 14.9. The summed E-state index contributed by atoms with van der Waals surface area (Å²) in [7, 11) is 0. The number of aryl methyl sites for hydroxylation is 1. The third-order valence-electron chi connectivity index (χ3n) is 6.70. The third-order valence-corrected chi connectivity index (χ3v) is 6.70. The van der Waals surface area contributed by atoms with Crippen LogP contribution in [0.1, 0.15) is 75.8 Å². The second-order valence-corrected chi connectivity index (χ2v) is 9.13. The highest BCUT2D eigenvalue weighted by Gasteiger charge is 2.24. The molecule has 0 saturated heterocycles. The Kier molecular flexibility index (Phi) is 13.7. The van der Waals surface area contributed by atoms with Crippen LogP contribution in [-0.4, -0.2) is 6.54 Å². The van der Waals surface area contributed by atoms with Crippen molar-refractivity contribution in [2.45, 2.75) is 67.7 Å². The molecule has 3 aliphatic rings. The van der Waals surface area contributed by atoms with Crippen molar-refractivity contribution in [3.63, 3.8) is 0 Å². The van der Waals surface area contributed by atoms with E-state index in [2.05, 4.69) is 104 Å². The molecule has 200 valence electrons. The fraction of sp³-hybridized carbons (Fsp3) is 0.297. The van der Waals surface area contributed by atoms with E-state index in [1.54, 1.807) is 11.1 Å². The third kappa shape index (κ3) is 8.21. The summed E-state index contributed by atoms with van der Waals surface area (Å²) in [5.41, 5.74) is 13.1. The zero-order valence-electron chi connectivity index (χ0n) is 24.6. The zero-order chi connectivity index (χ0) is 27.8. The van der Waals surface area contributed by atoms with Crippen LogP contribution in [0.5, 0.6) is 0 Å². The van der Waals surface area contributed by atoms with E-state index in [-0.39, 0.29) is 0 Å².